The Morgan fingerprint density at radius 2 is 1.90 bits per heavy atom. The van der Waals surface area contributed by atoms with Crippen molar-refractivity contribution >= 4 is 46.1 Å². The summed E-state index contributed by atoms with van der Waals surface area (Å²) in [6.07, 6.45) is -0.0680. The van der Waals surface area contributed by atoms with Gasteiger partial charge in [-0.2, -0.15) is 0 Å². The molecular weight excluding hydrogens is 429 g/mol. The van der Waals surface area contributed by atoms with Crippen molar-refractivity contribution < 1.29 is 23.6 Å². The molecule has 2 aromatic rings. The summed E-state index contributed by atoms with van der Waals surface area (Å²) in [5, 5.41) is 4.05. The lowest BCUT2D eigenvalue weighted by Gasteiger charge is -2.27. The fourth-order valence-corrected chi connectivity index (χ4v) is 3.02. The van der Waals surface area contributed by atoms with Crippen LogP contribution in [0, 0.1) is 5.92 Å². The molecule has 31 heavy (non-hydrogen) atoms. The molecule has 0 aliphatic heterocycles. The molecule has 0 aliphatic rings. The van der Waals surface area contributed by atoms with Crippen molar-refractivity contribution in [3.8, 4) is 0 Å². The predicted molar refractivity (Wildman–Crippen MR) is 113 cm³/mol. The fourth-order valence-electron chi connectivity index (χ4n) is 2.91. The summed E-state index contributed by atoms with van der Waals surface area (Å²) < 4.78 is 13.3. The standard InChI is InChI=1S/C20H25ClFN5O4/c1-11(2)9-14(19(30)26-27(8-7-16(23)28)20(31)17(21)22)25-18(29)15-10-12-5-3-4-6-13(12)24-15/h3-6,10-11,14,17,24H,7-9H2,1-2H3,(H2,23,28)(H,25,29)(H,26,30)/t14-,17+/m1/s1. The van der Waals surface area contributed by atoms with Crippen LogP contribution in [0.25, 0.3) is 10.9 Å². The molecule has 0 saturated carbocycles. The monoisotopic (exact) mass is 453 g/mol. The third-order valence-electron chi connectivity index (χ3n) is 4.38. The number of alkyl halides is 2. The van der Waals surface area contributed by atoms with Crippen LogP contribution in [0.1, 0.15) is 37.2 Å². The summed E-state index contributed by atoms with van der Waals surface area (Å²) in [6, 6.07) is 7.92. The average Bonchev–Trinajstić information content (AvgIpc) is 3.13. The van der Waals surface area contributed by atoms with Gasteiger partial charge in [0.1, 0.15) is 11.7 Å². The van der Waals surface area contributed by atoms with Gasteiger partial charge >= 0.3 is 0 Å². The van der Waals surface area contributed by atoms with Crippen LogP contribution in [0.15, 0.2) is 30.3 Å². The van der Waals surface area contributed by atoms with E-state index in [2.05, 4.69) is 15.7 Å². The molecule has 0 unspecified atom stereocenters. The Morgan fingerprint density at radius 1 is 1.23 bits per heavy atom. The summed E-state index contributed by atoms with van der Waals surface area (Å²) in [5.41, 5.74) is 5.89. The number of primary amides is 1. The first-order valence-electron chi connectivity index (χ1n) is 9.65. The van der Waals surface area contributed by atoms with E-state index in [1.54, 1.807) is 6.07 Å². The number of amides is 4. The van der Waals surface area contributed by atoms with Gasteiger partial charge in [-0.1, -0.05) is 43.6 Å². The molecule has 0 aliphatic carbocycles. The number of hydrazine groups is 1. The quantitative estimate of drug-likeness (QED) is 0.338. The van der Waals surface area contributed by atoms with Crippen LogP contribution in [-0.2, 0) is 14.4 Å². The molecule has 9 nitrogen and oxygen atoms in total. The van der Waals surface area contributed by atoms with Crippen molar-refractivity contribution in [3.05, 3.63) is 36.0 Å². The van der Waals surface area contributed by atoms with Crippen LogP contribution in [0.2, 0.25) is 0 Å². The van der Waals surface area contributed by atoms with E-state index in [9.17, 15) is 23.6 Å². The zero-order valence-corrected chi connectivity index (χ0v) is 17.9. The zero-order chi connectivity index (χ0) is 23.1. The van der Waals surface area contributed by atoms with E-state index in [1.165, 1.54) is 0 Å². The van der Waals surface area contributed by atoms with Gasteiger partial charge in [0.2, 0.25) is 5.91 Å². The van der Waals surface area contributed by atoms with E-state index in [-0.39, 0.29) is 31.0 Å². The first-order chi connectivity index (χ1) is 14.6. The molecule has 168 valence electrons. The maximum Gasteiger partial charge on any atom is 0.291 e. The number of nitrogens with zero attached hydrogens (tertiary/aromatic N) is 1. The summed E-state index contributed by atoms with van der Waals surface area (Å²) in [7, 11) is 0. The van der Waals surface area contributed by atoms with Crippen LogP contribution in [0.4, 0.5) is 4.39 Å². The number of halogens is 2. The lowest BCUT2D eigenvalue weighted by atomic mass is 10.0. The second-order valence-electron chi connectivity index (χ2n) is 7.41. The molecule has 5 N–H and O–H groups in total. The van der Waals surface area contributed by atoms with Crippen LogP contribution >= 0.6 is 11.6 Å². The third-order valence-corrected chi connectivity index (χ3v) is 4.57. The normalized spacial score (nSPS) is 12.9. The highest BCUT2D eigenvalue weighted by molar-refractivity contribution is 6.29. The molecule has 1 heterocycles. The van der Waals surface area contributed by atoms with Crippen LogP contribution < -0.4 is 16.5 Å². The summed E-state index contributed by atoms with van der Waals surface area (Å²) >= 11 is 5.19. The highest BCUT2D eigenvalue weighted by atomic mass is 35.5. The summed E-state index contributed by atoms with van der Waals surface area (Å²) in [5.74, 6) is -3.26. The van der Waals surface area contributed by atoms with E-state index in [0.29, 0.717) is 5.01 Å². The minimum absolute atomic E-state index is 0.00971. The zero-order valence-electron chi connectivity index (χ0n) is 17.2. The van der Waals surface area contributed by atoms with E-state index in [4.69, 9.17) is 17.3 Å². The molecule has 0 fully saturated rings. The van der Waals surface area contributed by atoms with Crippen LogP contribution in [0.3, 0.4) is 0 Å². The fraction of sp³-hybridized carbons (Fsp3) is 0.400. The molecule has 0 spiro atoms. The molecule has 11 heteroatoms. The van der Waals surface area contributed by atoms with Crippen molar-refractivity contribution in [1.82, 2.24) is 20.7 Å². The van der Waals surface area contributed by atoms with Crippen molar-refractivity contribution in [3.63, 3.8) is 0 Å². The van der Waals surface area contributed by atoms with E-state index < -0.39 is 35.3 Å². The van der Waals surface area contributed by atoms with Gasteiger partial charge in [0.15, 0.2) is 0 Å². The van der Waals surface area contributed by atoms with Crippen molar-refractivity contribution in [2.75, 3.05) is 6.54 Å². The van der Waals surface area contributed by atoms with E-state index >= 15 is 0 Å². The van der Waals surface area contributed by atoms with E-state index in [0.717, 1.165) is 10.9 Å². The number of para-hydroxylation sites is 1. The van der Waals surface area contributed by atoms with Gasteiger partial charge in [-0.05, 0) is 24.5 Å². The van der Waals surface area contributed by atoms with Gasteiger partial charge in [-0.15, -0.1) is 0 Å². The van der Waals surface area contributed by atoms with Gasteiger partial charge in [0, 0.05) is 17.3 Å². The smallest absolute Gasteiger partial charge is 0.291 e. The predicted octanol–water partition coefficient (Wildman–Crippen LogP) is 1.58. The Hall–Kier alpha value is -3.14. The maximum absolute atomic E-state index is 13.3. The SMILES string of the molecule is CC(C)C[C@@H](NC(=O)c1cc2ccccc2[nH]1)C(=O)NN(CCC(N)=O)C(=O)[C@H](F)Cl. The van der Waals surface area contributed by atoms with E-state index in [1.807, 2.05) is 38.1 Å². The molecule has 0 saturated heterocycles. The number of H-pyrrole nitrogens is 1. The van der Waals surface area contributed by atoms with Crippen molar-refractivity contribution in [1.29, 1.82) is 0 Å². The van der Waals surface area contributed by atoms with Crippen molar-refractivity contribution in [2.45, 2.75) is 38.4 Å². The highest BCUT2D eigenvalue weighted by Crippen LogP contribution is 2.15. The number of fused-ring (bicyclic) bond motifs is 1. The first-order valence-corrected chi connectivity index (χ1v) is 10.1. The molecule has 1 aromatic carbocycles. The van der Waals surface area contributed by atoms with Gasteiger partial charge in [0.25, 0.3) is 23.4 Å². The highest BCUT2D eigenvalue weighted by Gasteiger charge is 2.29. The second-order valence-corrected chi connectivity index (χ2v) is 7.79. The number of benzene rings is 1. The molecule has 0 bridgehead atoms. The van der Waals surface area contributed by atoms with Gasteiger partial charge in [-0.25, -0.2) is 9.40 Å². The molecule has 1 aromatic heterocycles. The minimum Gasteiger partial charge on any atom is -0.370 e. The van der Waals surface area contributed by atoms with Gasteiger partial charge in [-0.3, -0.25) is 24.6 Å². The Bertz CT molecular complexity index is 929. The number of aromatic nitrogens is 1. The summed E-state index contributed by atoms with van der Waals surface area (Å²) in [4.78, 5) is 51.4. The maximum atomic E-state index is 13.3. The average molecular weight is 454 g/mol. The second kappa shape index (κ2) is 10.8. The Balaban J connectivity index is 2.16. The lowest BCUT2D eigenvalue weighted by Crippen LogP contribution is -2.56. The van der Waals surface area contributed by atoms with Gasteiger partial charge < -0.3 is 16.0 Å². The molecule has 0 radical (unpaired) electrons. The number of hydrogen-bond acceptors (Lipinski definition) is 4. The third kappa shape index (κ3) is 6.95. The number of carbonyl (C=O) groups excluding carboxylic acids is 4. The van der Waals surface area contributed by atoms with Crippen molar-refractivity contribution in [2.24, 2.45) is 11.7 Å². The summed E-state index contributed by atoms with van der Waals surface area (Å²) in [6.45, 7) is 3.33. The minimum atomic E-state index is -2.42. The molecule has 4 amide bonds. The van der Waals surface area contributed by atoms with Crippen LogP contribution in [0.5, 0.6) is 0 Å². The number of aromatic amines is 1. The topological polar surface area (TPSA) is 137 Å². The Kier molecular flexibility index (Phi) is 8.38. The number of hydrogen-bond donors (Lipinski definition) is 4. The Morgan fingerprint density at radius 3 is 2.48 bits per heavy atom. The lowest BCUT2D eigenvalue weighted by molar-refractivity contribution is -0.144. The number of rotatable bonds is 9. The molecule has 2 rings (SSSR count). The molecular formula is C20H25ClFN5O4. The number of carbonyl (C=O) groups is 4. The first kappa shape index (κ1) is 24.1. The Labute approximate surface area is 183 Å². The van der Waals surface area contributed by atoms with Crippen LogP contribution in [-0.4, -0.2) is 51.8 Å². The number of nitrogens with two attached hydrogens (primary N) is 1. The van der Waals surface area contributed by atoms with Gasteiger partial charge in [0.05, 0.1) is 6.54 Å². The largest absolute Gasteiger partial charge is 0.370 e. The molecule has 2 atom stereocenters. The number of nitrogens with one attached hydrogen (secondary N) is 3.